The molecule has 56 valence electrons. The second-order valence-electron chi connectivity index (χ2n) is 2.35. The van der Waals surface area contributed by atoms with E-state index in [0.29, 0.717) is 25.3 Å². The van der Waals surface area contributed by atoms with Crippen molar-refractivity contribution in [1.82, 2.24) is 0 Å². The Morgan fingerprint density at radius 1 is 1.45 bits per heavy atom. The molecule has 1 heterocycles. The third-order valence-corrected chi connectivity index (χ3v) is 4.09. The number of fused-ring (bicyclic) bond motifs is 1. The van der Waals surface area contributed by atoms with E-state index in [1.165, 1.54) is 4.46 Å². The summed E-state index contributed by atoms with van der Waals surface area (Å²) in [7, 11) is 0. The zero-order chi connectivity index (χ0) is 7.84. The molecule has 0 spiro atoms. The number of carbonyl (C=O) groups excluding carboxylic acids is 1. The summed E-state index contributed by atoms with van der Waals surface area (Å²) in [5.74, 6) is 0.252. The van der Waals surface area contributed by atoms with Gasteiger partial charge in [0.2, 0.25) is 0 Å². The molecule has 0 fully saturated rings. The van der Waals surface area contributed by atoms with Crippen molar-refractivity contribution >= 4 is 36.8 Å². The molecule has 0 atom stereocenters. The third-order valence-electron chi connectivity index (χ3n) is 1.60. The van der Waals surface area contributed by atoms with Gasteiger partial charge in [-0.15, -0.1) is 0 Å². The molecular formula is C8H5ClOSe. The Kier molecular flexibility index (Phi) is 1.76. The maximum atomic E-state index is 11.2. The summed E-state index contributed by atoms with van der Waals surface area (Å²) < 4.78 is 1.20. The maximum absolute atomic E-state index is 11.2. The van der Waals surface area contributed by atoms with Crippen molar-refractivity contribution in [3.63, 3.8) is 0 Å². The van der Waals surface area contributed by atoms with Crippen molar-refractivity contribution in [2.75, 3.05) is 0 Å². The molecule has 0 unspecified atom stereocenters. The van der Waals surface area contributed by atoms with Crippen LogP contribution in [0.25, 0.3) is 0 Å². The van der Waals surface area contributed by atoms with Crippen LogP contribution in [0.1, 0.15) is 10.4 Å². The van der Waals surface area contributed by atoms with Gasteiger partial charge in [0.1, 0.15) is 0 Å². The zero-order valence-corrected chi connectivity index (χ0v) is 8.10. The van der Waals surface area contributed by atoms with Gasteiger partial charge in [0.05, 0.1) is 0 Å². The summed E-state index contributed by atoms with van der Waals surface area (Å²) in [6, 6.07) is 5.58. The Bertz CT molecular complexity index is 322. The molecule has 1 aromatic rings. The number of hydrogen-bond donors (Lipinski definition) is 0. The first kappa shape index (κ1) is 7.35. The molecule has 2 rings (SSSR count). The van der Waals surface area contributed by atoms with Gasteiger partial charge in [0.25, 0.3) is 0 Å². The molecule has 3 heteroatoms. The van der Waals surface area contributed by atoms with Crippen LogP contribution in [0.3, 0.4) is 0 Å². The molecular weight excluding hydrogens is 226 g/mol. The fourth-order valence-corrected chi connectivity index (χ4v) is 3.20. The topological polar surface area (TPSA) is 17.1 Å². The molecule has 0 amide bonds. The van der Waals surface area contributed by atoms with E-state index in [4.69, 9.17) is 11.6 Å². The van der Waals surface area contributed by atoms with Crippen molar-refractivity contribution < 1.29 is 4.79 Å². The van der Waals surface area contributed by atoms with Crippen molar-refractivity contribution in [3.8, 4) is 0 Å². The summed E-state index contributed by atoms with van der Waals surface area (Å²) in [5, 5.41) is 1.37. The van der Waals surface area contributed by atoms with E-state index >= 15 is 0 Å². The van der Waals surface area contributed by atoms with Gasteiger partial charge in [-0.3, -0.25) is 0 Å². The quantitative estimate of drug-likeness (QED) is 0.615. The van der Waals surface area contributed by atoms with Crippen molar-refractivity contribution in [3.05, 3.63) is 28.8 Å². The van der Waals surface area contributed by atoms with Gasteiger partial charge in [-0.25, -0.2) is 0 Å². The summed E-state index contributed by atoms with van der Waals surface area (Å²) in [6.45, 7) is 0. The average Bonchev–Trinajstić information content (AvgIpc) is 2.33. The summed E-state index contributed by atoms with van der Waals surface area (Å²) in [6.07, 6.45) is 0. The molecule has 0 radical (unpaired) electrons. The number of benzene rings is 1. The molecule has 0 saturated heterocycles. The molecule has 0 N–H and O–H groups in total. The standard InChI is InChI=1S/C8H5ClOSe/c9-5-1-2-8-6(3-5)7(10)4-11-8/h1-3H,4H2. The Morgan fingerprint density at radius 3 is 3.09 bits per heavy atom. The van der Waals surface area contributed by atoms with Crippen molar-refractivity contribution in [2.24, 2.45) is 0 Å². The first-order valence-corrected chi connectivity index (χ1v) is 5.67. The summed E-state index contributed by atoms with van der Waals surface area (Å²) >= 11 is 6.10. The molecule has 1 aliphatic rings. The van der Waals surface area contributed by atoms with Crippen LogP contribution in [-0.4, -0.2) is 20.7 Å². The molecule has 0 aliphatic carbocycles. The number of halogens is 1. The number of ketones is 1. The first-order chi connectivity index (χ1) is 5.27. The van der Waals surface area contributed by atoms with Crippen LogP contribution in [0.15, 0.2) is 18.2 Å². The van der Waals surface area contributed by atoms with Gasteiger partial charge in [-0.1, -0.05) is 0 Å². The summed E-state index contributed by atoms with van der Waals surface area (Å²) in [4.78, 5) is 11.2. The number of rotatable bonds is 0. The number of carbonyl (C=O) groups is 1. The van der Waals surface area contributed by atoms with Crippen LogP contribution in [0.5, 0.6) is 0 Å². The monoisotopic (exact) mass is 232 g/mol. The predicted octanol–water partition coefficient (Wildman–Crippen LogP) is 1.28. The normalized spacial score (nSPS) is 15.2. The van der Waals surface area contributed by atoms with Crippen LogP contribution in [0, 0.1) is 0 Å². The fourth-order valence-electron chi connectivity index (χ4n) is 1.07. The van der Waals surface area contributed by atoms with E-state index in [1.54, 1.807) is 6.07 Å². The Hall–Kier alpha value is -0.301. The third kappa shape index (κ3) is 1.22. The molecule has 0 saturated carbocycles. The SMILES string of the molecule is O=C1C[Se]c2ccc(Cl)cc21. The van der Waals surface area contributed by atoms with Gasteiger partial charge in [0.15, 0.2) is 0 Å². The van der Waals surface area contributed by atoms with Gasteiger partial charge in [-0.2, -0.15) is 0 Å². The van der Waals surface area contributed by atoms with Gasteiger partial charge in [-0.05, 0) is 0 Å². The van der Waals surface area contributed by atoms with Crippen LogP contribution >= 0.6 is 11.6 Å². The zero-order valence-electron chi connectivity index (χ0n) is 5.63. The second-order valence-corrected chi connectivity index (χ2v) is 4.92. The first-order valence-electron chi connectivity index (χ1n) is 3.23. The molecule has 1 nitrogen and oxygen atoms in total. The predicted molar refractivity (Wildman–Crippen MR) is 46.0 cm³/mol. The van der Waals surface area contributed by atoms with Gasteiger partial charge in [0, 0.05) is 0 Å². The van der Waals surface area contributed by atoms with Crippen LogP contribution < -0.4 is 4.46 Å². The number of hydrogen-bond acceptors (Lipinski definition) is 1. The summed E-state index contributed by atoms with van der Waals surface area (Å²) in [5.41, 5.74) is 0.845. The molecule has 11 heavy (non-hydrogen) atoms. The van der Waals surface area contributed by atoms with Crippen molar-refractivity contribution in [2.45, 2.75) is 5.32 Å². The molecule has 0 bridgehead atoms. The van der Waals surface area contributed by atoms with Gasteiger partial charge >= 0.3 is 75.7 Å². The Labute approximate surface area is 75.9 Å². The van der Waals surface area contributed by atoms with E-state index in [1.807, 2.05) is 12.1 Å². The number of Topliss-reactive ketones (excluding diaryl/α,β-unsaturated/α-hetero) is 1. The van der Waals surface area contributed by atoms with E-state index in [-0.39, 0.29) is 5.78 Å². The van der Waals surface area contributed by atoms with E-state index in [2.05, 4.69) is 0 Å². The minimum absolute atomic E-state index is 0.252. The van der Waals surface area contributed by atoms with Crippen LogP contribution in [-0.2, 0) is 0 Å². The van der Waals surface area contributed by atoms with E-state index in [9.17, 15) is 4.79 Å². The Morgan fingerprint density at radius 2 is 2.27 bits per heavy atom. The average molecular weight is 232 g/mol. The van der Waals surface area contributed by atoms with Crippen LogP contribution in [0.2, 0.25) is 10.3 Å². The second kappa shape index (κ2) is 2.63. The Balaban J connectivity index is 2.60. The van der Waals surface area contributed by atoms with Crippen LogP contribution in [0.4, 0.5) is 0 Å². The molecule has 1 aliphatic heterocycles. The minimum atomic E-state index is 0.252. The van der Waals surface area contributed by atoms with Crippen molar-refractivity contribution in [1.29, 1.82) is 0 Å². The van der Waals surface area contributed by atoms with Gasteiger partial charge < -0.3 is 0 Å². The molecule has 1 aromatic carbocycles. The fraction of sp³-hybridized carbons (Fsp3) is 0.125. The van der Waals surface area contributed by atoms with E-state index < -0.39 is 0 Å². The van der Waals surface area contributed by atoms with E-state index in [0.717, 1.165) is 5.56 Å². The molecule has 0 aromatic heterocycles.